The van der Waals surface area contributed by atoms with Gasteiger partial charge in [-0.05, 0) is 18.6 Å². The van der Waals surface area contributed by atoms with Crippen molar-refractivity contribution in [3.05, 3.63) is 30.2 Å². The molecule has 2 aromatic heterocycles. The smallest absolute Gasteiger partial charge is 0.151 e. The molecule has 0 unspecified atom stereocenters. The van der Waals surface area contributed by atoms with Crippen molar-refractivity contribution in [3.63, 3.8) is 0 Å². The van der Waals surface area contributed by atoms with E-state index in [0.717, 1.165) is 17.0 Å². The second-order valence-electron chi connectivity index (χ2n) is 3.27. The van der Waals surface area contributed by atoms with E-state index in [4.69, 9.17) is 15.6 Å². The quantitative estimate of drug-likeness (QED) is 0.521. The van der Waals surface area contributed by atoms with Crippen LogP contribution in [0.2, 0.25) is 0 Å². The first-order chi connectivity index (χ1) is 7.27. The van der Waals surface area contributed by atoms with Crippen molar-refractivity contribution in [2.45, 2.75) is 12.8 Å². The third-order valence-electron chi connectivity index (χ3n) is 2.15. The Hall–Kier alpha value is -2.04. The standard InChI is InChI=1S/C10H12N4O/c11-9(12)4-3-7-6-13-14-10(7)8-2-1-5-15-8/h1-2,5-6H,3-4H2,(H3,11,12)(H,13,14). The molecule has 5 nitrogen and oxygen atoms in total. The van der Waals surface area contributed by atoms with Gasteiger partial charge in [0.05, 0.1) is 18.3 Å². The Morgan fingerprint density at radius 1 is 1.60 bits per heavy atom. The largest absolute Gasteiger partial charge is 0.463 e. The summed E-state index contributed by atoms with van der Waals surface area (Å²) in [6.45, 7) is 0. The number of aromatic nitrogens is 2. The molecule has 2 aromatic rings. The maximum absolute atomic E-state index is 7.17. The molecule has 0 saturated heterocycles. The summed E-state index contributed by atoms with van der Waals surface area (Å²) in [6, 6.07) is 3.69. The zero-order chi connectivity index (χ0) is 10.7. The van der Waals surface area contributed by atoms with Crippen molar-refractivity contribution in [2.75, 3.05) is 0 Å². The maximum atomic E-state index is 7.17. The fourth-order valence-corrected chi connectivity index (χ4v) is 1.40. The SMILES string of the molecule is N=C(N)CCc1cn[nH]c1-c1ccco1. The minimum atomic E-state index is 0.182. The van der Waals surface area contributed by atoms with Crippen LogP contribution in [0.3, 0.4) is 0 Å². The molecule has 0 bridgehead atoms. The summed E-state index contributed by atoms with van der Waals surface area (Å²) in [5.74, 6) is 0.938. The van der Waals surface area contributed by atoms with Gasteiger partial charge in [-0.15, -0.1) is 0 Å². The number of hydrogen-bond acceptors (Lipinski definition) is 3. The van der Waals surface area contributed by atoms with Crippen LogP contribution in [-0.2, 0) is 6.42 Å². The van der Waals surface area contributed by atoms with Gasteiger partial charge in [0.15, 0.2) is 5.76 Å². The Morgan fingerprint density at radius 3 is 3.13 bits per heavy atom. The molecular formula is C10H12N4O. The summed E-state index contributed by atoms with van der Waals surface area (Å²) in [5.41, 5.74) is 7.18. The van der Waals surface area contributed by atoms with E-state index in [2.05, 4.69) is 10.2 Å². The van der Waals surface area contributed by atoms with E-state index in [1.807, 2.05) is 12.1 Å². The summed E-state index contributed by atoms with van der Waals surface area (Å²) < 4.78 is 5.27. The highest BCUT2D eigenvalue weighted by molar-refractivity contribution is 5.77. The maximum Gasteiger partial charge on any atom is 0.151 e. The monoisotopic (exact) mass is 204 g/mol. The Bertz CT molecular complexity index is 444. The van der Waals surface area contributed by atoms with Crippen LogP contribution >= 0.6 is 0 Å². The lowest BCUT2D eigenvalue weighted by molar-refractivity contribution is 0.579. The highest BCUT2D eigenvalue weighted by Crippen LogP contribution is 2.22. The first kappa shape index (κ1) is 9.51. The molecular weight excluding hydrogens is 192 g/mol. The van der Waals surface area contributed by atoms with Crippen molar-refractivity contribution in [1.82, 2.24) is 10.2 Å². The molecule has 0 aliphatic heterocycles. The summed E-state index contributed by atoms with van der Waals surface area (Å²) >= 11 is 0. The lowest BCUT2D eigenvalue weighted by Gasteiger charge is -1.99. The molecule has 0 aliphatic rings. The molecule has 0 aromatic carbocycles. The molecule has 0 aliphatic carbocycles. The average molecular weight is 204 g/mol. The Morgan fingerprint density at radius 2 is 2.47 bits per heavy atom. The third kappa shape index (κ3) is 2.07. The zero-order valence-corrected chi connectivity index (χ0v) is 8.16. The molecule has 0 saturated carbocycles. The predicted molar refractivity (Wildman–Crippen MR) is 56.5 cm³/mol. The fraction of sp³-hybridized carbons (Fsp3) is 0.200. The van der Waals surface area contributed by atoms with E-state index < -0.39 is 0 Å². The molecule has 15 heavy (non-hydrogen) atoms. The number of amidine groups is 1. The number of H-pyrrole nitrogens is 1. The van der Waals surface area contributed by atoms with Crippen LogP contribution in [0.4, 0.5) is 0 Å². The van der Waals surface area contributed by atoms with Gasteiger partial charge < -0.3 is 10.2 Å². The van der Waals surface area contributed by atoms with Crippen LogP contribution in [0.25, 0.3) is 11.5 Å². The molecule has 0 atom stereocenters. The van der Waals surface area contributed by atoms with Gasteiger partial charge in [-0.2, -0.15) is 5.10 Å². The highest BCUT2D eigenvalue weighted by Gasteiger charge is 2.09. The Balaban J connectivity index is 2.19. The third-order valence-corrected chi connectivity index (χ3v) is 2.15. The van der Waals surface area contributed by atoms with Crippen LogP contribution < -0.4 is 5.73 Å². The van der Waals surface area contributed by atoms with Gasteiger partial charge in [-0.1, -0.05) is 0 Å². The van der Waals surface area contributed by atoms with Gasteiger partial charge in [-0.25, -0.2) is 0 Å². The second-order valence-corrected chi connectivity index (χ2v) is 3.27. The minimum absolute atomic E-state index is 0.182. The summed E-state index contributed by atoms with van der Waals surface area (Å²) in [6.07, 6.45) is 4.58. The van der Waals surface area contributed by atoms with Crippen molar-refractivity contribution in [1.29, 1.82) is 5.41 Å². The van der Waals surface area contributed by atoms with Crippen LogP contribution in [-0.4, -0.2) is 16.0 Å². The second kappa shape index (κ2) is 4.00. The van der Waals surface area contributed by atoms with Gasteiger partial charge in [0, 0.05) is 12.0 Å². The molecule has 0 amide bonds. The van der Waals surface area contributed by atoms with Gasteiger partial charge >= 0.3 is 0 Å². The lowest BCUT2D eigenvalue weighted by atomic mass is 10.1. The average Bonchev–Trinajstić information content (AvgIpc) is 2.85. The fourth-order valence-electron chi connectivity index (χ4n) is 1.40. The molecule has 0 radical (unpaired) electrons. The number of hydrogen-bond donors (Lipinski definition) is 3. The molecule has 78 valence electrons. The van der Waals surface area contributed by atoms with E-state index in [-0.39, 0.29) is 5.84 Å². The lowest BCUT2D eigenvalue weighted by Crippen LogP contribution is -2.10. The molecule has 4 N–H and O–H groups in total. The van der Waals surface area contributed by atoms with Crippen molar-refractivity contribution in [3.8, 4) is 11.5 Å². The van der Waals surface area contributed by atoms with E-state index in [1.165, 1.54) is 0 Å². The Kier molecular flexibility index (Phi) is 2.53. The Labute approximate surface area is 86.8 Å². The topological polar surface area (TPSA) is 91.7 Å². The zero-order valence-electron chi connectivity index (χ0n) is 8.16. The summed E-state index contributed by atoms with van der Waals surface area (Å²) in [5, 5.41) is 14.0. The first-order valence-electron chi connectivity index (χ1n) is 4.66. The van der Waals surface area contributed by atoms with Crippen LogP contribution in [0.1, 0.15) is 12.0 Å². The number of aromatic amines is 1. The normalized spacial score (nSPS) is 10.4. The molecule has 2 heterocycles. The number of rotatable bonds is 4. The van der Waals surface area contributed by atoms with Gasteiger partial charge in [-0.3, -0.25) is 10.5 Å². The van der Waals surface area contributed by atoms with Crippen molar-refractivity contribution >= 4 is 5.84 Å². The van der Waals surface area contributed by atoms with Gasteiger partial charge in [0.2, 0.25) is 0 Å². The summed E-state index contributed by atoms with van der Waals surface area (Å²) in [4.78, 5) is 0. The number of nitrogens with one attached hydrogen (secondary N) is 2. The first-order valence-corrected chi connectivity index (χ1v) is 4.66. The van der Waals surface area contributed by atoms with Crippen molar-refractivity contribution < 1.29 is 4.42 Å². The van der Waals surface area contributed by atoms with Crippen molar-refractivity contribution in [2.24, 2.45) is 5.73 Å². The molecule has 0 spiro atoms. The predicted octanol–water partition coefficient (Wildman–Crippen LogP) is 1.54. The van der Waals surface area contributed by atoms with Crippen LogP contribution in [0, 0.1) is 5.41 Å². The molecule has 5 heteroatoms. The minimum Gasteiger partial charge on any atom is -0.463 e. The van der Waals surface area contributed by atoms with Crippen LogP contribution in [0.5, 0.6) is 0 Å². The number of aryl methyl sites for hydroxylation is 1. The van der Waals surface area contributed by atoms with Gasteiger partial charge in [0.25, 0.3) is 0 Å². The van der Waals surface area contributed by atoms with E-state index >= 15 is 0 Å². The number of nitrogens with zero attached hydrogens (tertiary/aromatic N) is 1. The van der Waals surface area contributed by atoms with Crippen LogP contribution in [0.15, 0.2) is 29.0 Å². The molecule has 0 fully saturated rings. The number of nitrogens with two attached hydrogens (primary N) is 1. The van der Waals surface area contributed by atoms with E-state index in [1.54, 1.807) is 12.5 Å². The summed E-state index contributed by atoms with van der Waals surface area (Å²) in [7, 11) is 0. The molecule has 2 rings (SSSR count). The van der Waals surface area contributed by atoms with Gasteiger partial charge in [0.1, 0.15) is 5.69 Å². The van der Waals surface area contributed by atoms with E-state index in [0.29, 0.717) is 12.8 Å². The van der Waals surface area contributed by atoms with E-state index in [9.17, 15) is 0 Å². The highest BCUT2D eigenvalue weighted by atomic mass is 16.3. The number of furan rings is 1.